The monoisotopic (exact) mass is 284 g/mol. The summed E-state index contributed by atoms with van der Waals surface area (Å²) in [5.41, 5.74) is -1.17. The predicted octanol–water partition coefficient (Wildman–Crippen LogP) is 1.69. The van der Waals surface area contributed by atoms with Gasteiger partial charge < -0.3 is 0 Å². The van der Waals surface area contributed by atoms with Crippen molar-refractivity contribution in [3.8, 4) is 0 Å². The molecule has 0 aromatic heterocycles. The molecule has 4 amide bonds. The third kappa shape index (κ3) is 3.18. The zero-order chi connectivity index (χ0) is 14.5. The van der Waals surface area contributed by atoms with E-state index in [-0.39, 0.29) is 5.92 Å². The average Bonchev–Trinajstić information content (AvgIpc) is 2.33. The molecular weight excluding hydrogens is 264 g/mol. The van der Waals surface area contributed by atoms with Crippen LogP contribution in [0.4, 0.5) is 4.79 Å². The number of barbiturate groups is 1. The highest BCUT2D eigenvalue weighted by Crippen LogP contribution is 2.36. The van der Waals surface area contributed by atoms with Gasteiger partial charge in [0.25, 0.3) is 0 Å². The Hall–Kier alpha value is -1.30. The van der Waals surface area contributed by atoms with Gasteiger partial charge in [0.1, 0.15) is 5.41 Å². The Morgan fingerprint density at radius 1 is 1.32 bits per heavy atom. The molecule has 0 radical (unpaired) electrons. The number of urea groups is 1. The van der Waals surface area contributed by atoms with Gasteiger partial charge in [-0.1, -0.05) is 26.3 Å². The van der Waals surface area contributed by atoms with Crippen LogP contribution in [0.3, 0.4) is 0 Å². The zero-order valence-electron chi connectivity index (χ0n) is 11.3. The van der Waals surface area contributed by atoms with Gasteiger partial charge in [-0.2, -0.15) is 11.8 Å². The van der Waals surface area contributed by atoms with Gasteiger partial charge in [-0.25, -0.2) is 4.79 Å². The molecule has 0 aliphatic carbocycles. The number of rotatable bonds is 7. The number of carbonyl (C=O) groups is 3. The Bertz CT molecular complexity index is 375. The molecular formula is C13H20N2O3S. The van der Waals surface area contributed by atoms with E-state index < -0.39 is 23.3 Å². The molecule has 19 heavy (non-hydrogen) atoms. The highest BCUT2D eigenvalue weighted by Gasteiger charge is 2.53. The van der Waals surface area contributed by atoms with Crippen LogP contribution in [0.1, 0.15) is 26.7 Å². The molecule has 1 rings (SSSR count). The molecule has 1 heterocycles. The summed E-state index contributed by atoms with van der Waals surface area (Å²) in [6, 6.07) is -0.733. The topological polar surface area (TPSA) is 75.3 Å². The maximum atomic E-state index is 12.2. The normalized spacial score (nSPS) is 19.6. The second-order valence-electron chi connectivity index (χ2n) is 4.70. The lowest BCUT2D eigenvalue weighted by Crippen LogP contribution is -2.65. The van der Waals surface area contributed by atoms with Crippen molar-refractivity contribution in [1.82, 2.24) is 10.6 Å². The molecule has 2 N–H and O–H groups in total. The fourth-order valence-electron chi connectivity index (χ4n) is 2.27. The van der Waals surface area contributed by atoms with Gasteiger partial charge in [-0.05, 0) is 12.3 Å². The van der Waals surface area contributed by atoms with Crippen LogP contribution >= 0.6 is 11.8 Å². The van der Waals surface area contributed by atoms with E-state index in [1.54, 1.807) is 6.08 Å². The lowest BCUT2D eigenvalue weighted by atomic mass is 9.73. The van der Waals surface area contributed by atoms with Crippen molar-refractivity contribution in [3.63, 3.8) is 0 Å². The minimum Gasteiger partial charge on any atom is -0.277 e. The van der Waals surface area contributed by atoms with Crippen molar-refractivity contribution in [2.24, 2.45) is 11.3 Å². The molecule has 1 saturated heterocycles. The first-order valence-electron chi connectivity index (χ1n) is 6.34. The molecule has 0 aromatic rings. The van der Waals surface area contributed by atoms with Gasteiger partial charge in [0.15, 0.2) is 0 Å². The van der Waals surface area contributed by atoms with E-state index >= 15 is 0 Å². The number of imide groups is 2. The van der Waals surface area contributed by atoms with Crippen molar-refractivity contribution >= 4 is 29.6 Å². The highest BCUT2D eigenvalue weighted by atomic mass is 32.2. The Balaban J connectivity index is 3.01. The van der Waals surface area contributed by atoms with Crippen molar-refractivity contribution in [1.29, 1.82) is 0 Å². The Morgan fingerprint density at radius 2 is 1.89 bits per heavy atom. The van der Waals surface area contributed by atoms with Gasteiger partial charge >= 0.3 is 6.03 Å². The number of hydrogen-bond acceptors (Lipinski definition) is 4. The largest absolute Gasteiger partial charge is 0.328 e. The molecule has 0 bridgehead atoms. The Kier molecular flexibility index (Phi) is 5.60. The smallest absolute Gasteiger partial charge is 0.277 e. The van der Waals surface area contributed by atoms with Crippen LogP contribution in [0.25, 0.3) is 0 Å². The first-order chi connectivity index (χ1) is 8.98. The van der Waals surface area contributed by atoms with Gasteiger partial charge in [0, 0.05) is 11.5 Å². The molecule has 1 fully saturated rings. The van der Waals surface area contributed by atoms with E-state index in [0.717, 1.165) is 12.8 Å². The van der Waals surface area contributed by atoms with Crippen molar-refractivity contribution in [3.05, 3.63) is 12.7 Å². The summed E-state index contributed by atoms with van der Waals surface area (Å²) in [4.78, 5) is 35.6. The molecule has 1 unspecified atom stereocenters. The molecule has 0 saturated carbocycles. The first-order valence-corrected chi connectivity index (χ1v) is 7.50. The van der Waals surface area contributed by atoms with Gasteiger partial charge in [-0.3, -0.25) is 20.2 Å². The second-order valence-corrected chi connectivity index (χ2v) is 5.73. The Labute approximate surface area is 117 Å². The summed E-state index contributed by atoms with van der Waals surface area (Å²) >= 11 is 1.47. The Morgan fingerprint density at radius 3 is 2.37 bits per heavy atom. The molecule has 0 spiro atoms. The number of hydrogen-bond donors (Lipinski definition) is 2. The fraction of sp³-hybridized carbons (Fsp3) is 0.615. The SMILES string of the molecule is C=CCSCC1(C(C)CCC)C(=O)NC(=O)NC1=O. The van der Waals surface area contributed by atoms with Crippen LogP contribution in [0.5, 0.6) is 0 Å². The van der Waals surface area contributed by atoms with Crippen LogP contribution in [0.2, 0.25) is 0 Å². The number of carbonyl (C=O) groups excluding carboxylic acids is 3. The van der Waals surface area contributed by atoms with Crippen LogP contribution < -0.4 is 10.6 Å². The number of thioether (sulfide) groups is 1. The van der Waals surface area contributed by atoms with E-state index in [1.807, 2.05) is 13.8 Å². The summed E-state index contributed by atoms with van der Waals surface area (Å²) in [5.74, 6) is -0.0827. The van der Waals surface area contributed by atoms with E-state index in [0.29, 0.717) is 11.5 Å². The van der Waals surface area contributed by atoms with E-state index in [4.69, 9.17) is 0 Å². The lowest BCUT2D eigenvalue weighted by molar-refractivity contribution is -0.146. The van der Waals surface area contributed by atoms with Crippen LogP contribution in [-0.2, 0) is 9.59 Å². The molecule has 1 aliphatic heterocycles. The maximum Gasteiger partial charge on any atom is 0.328 e. The van der Waals surface area contributed by atoms with Crippen molar-refractivity contribution in [2.75, 3.05) is 11.5 Å². The first kappa shape index (κ1) is 15.8. The van der Waals surface area contributed by atoms with Crippen LogP contribution in [-0.4, -0.2) is 29.4 Å². The van der Waals surface area contributed by atoms with Crippen LogP contribution in [0.15, 0.2) is 12.7 Å². The molecule has 6 heteroatoms. The van der Waals surface area contributed by atoms with Crippen molar-refractivity contribution in [2.45, 2.75) is 26.7 Å². The molecule has 0 aromatic carbocycles. The minimum absolute atomic E-state index is 0.122. The summed E-state index contributed by atoms with van der Waals surface area (Å²) in [6.07, 6.45) is 3.36. The van der Waals surface area contributed by atoms with E-state index in [1.165, 1.54) is 11.8 Å². The summed E-state index contributed by atoms with van der Waals surface area (Å²) in [5, 5.41) is 4.44. The maximum absolute atomic E-state index is 12.2. The lowest BCUT2D eigenvalue weighted by Gasteiger charge is -2.38. The van der Waals surface area contributed by atoms with E-state index in [2.05, 4.69) is 17.2 Å². The number of amides is 4. The van der Waals surface area contributed by atoms with E-state index in [9.17, 15) is 14.4 Å². The third-order valence-electron chi connectivity index (χ3n) is 3.39. The standard InChI is InChI=1S/C13H20N2O3S/c1-4-6-9(3)13(8-19-7-5-2)10(16)14-12(18)15-11(13)17/h5,9H,2,4,6-8H2,1,3H3,(H2,14,15,16,17,18). The van der Waals surface area contributed by atoms with Gasteiger partial charge in [0.05, 0.1) is 0 Å². The third-order valence-corrected chi connectivity index (χ3v) is 4.52. The molecule has 106 valence electrons. The predicted molar refractivity (Wildman–Crippen MR) is 75.7 cm³/mol. The summed E-state index contributed by atoms with van der Waals surface area (Å²) < 4.78 is 0. The second kappa shape index (κ2) is 6.75. The van der Waals surface area contributed by atoms with Gasteiger partial charge in [0.2, 0.25) is 11.8 Å². The summed E-state index contributed by atoms with van der Waals surface area (Å²) in [7, 11) is 0. The molecule has 5 nitrogen and oxygen atoms in total. The minimum atomic E-state index is -1.17. The number of nitrogens with one attached hydrogen (secondary N) is 2. The quantitative estimate of drug-likeness (QED) is 0.424. The average molecular weight is 284 g/mol. The molecule has 1 aliphatic rings. The van der Waals surface area contributed by atoms with Crippen molar-refractivity contribution < 1.29 is 14.4 Å². The van der Waals surface area contributed by atoms with Crippen LogP contribution in [0, 0.1) is 11.3 Å². The highest BCUT2D eigenvalue weighted by molar-refractivity contribution is 7.99. The zero-order valence-corrected chi connectivity index (χ0v) is 12.1. The molecule has 1 atom stereocenters. The fourth-order valence-corrected chi connectivity index (χ4v) is 3.42. The van der Waals surface area contributed by atoms with Gasteiger partial charge in [-0.15, -0.1) is 6.58 Å². The summed E-state index contributed by atoms with van der Waals surface area (Å²) in [6.45, 7) is 7.51.